The van der Waals surface area contributed by atoms with Crippen molar-refractivity contribution < 1.29 is 19.1 Å². The Balaban J connectivity index is 1.93. The third-order valence-corrected chi connectivity index (χ3v) is 5.30. The minimum atomic E-state index is -0.293. The highest BCUT2D eigenvalue weighted by molar-refractivity contribution is 5.97. The third-order valence-electron chi connectivity index (χ3n) is 5.30. The molecule has 140 valence electrons. The fourth-order valence-corrected chi connectivity index (χ4v) is 4.10. The number of hydrogen-bond acceptors (Lipinski definition) is 5. The Bertz CT molecular complexity index is 819. The van der Waals surface area contributed by atoms with Gasteiger partial charge in [-0.1, -0.05) is 12.8 Å². The van der Waals surface area contributed by atoms with Crippen molar-refractivity contribution in [1.82, 2.24) is 9.38 Å². The highest BCUT2D eigenvalue weighted by Crippen LogP contribution is 2.45. The molecule has 1 fully saturated rings. The second-order valence-electron chi connectivity index (χ2n) is 7.10. The lowest BCUT2D eigenvalue weighted by Gasteiger charge is -2.26. The van der Waals surface area contributed by atoms with Gasteiger partial charge in [0.15, 0.2) is 17.2 Å². The lowest BCUT2D eigenvalue weighted by Crippen LogP contribution is -2.26. The van der Waals surface area contributed by atoms with Gasteiger partial charge in [-0.15, -0.1) is 0 Å². The first kappa shape index (κ1) is 18.4. The van der Waals surface area contributed by atoms with Crippen LogP contribution in [0.5, 0.6) is 5.75 Å². The van der Waals surface area contributed by atoms with Gasteiger partial charge in [0.2, 0.25) is 0 Å². The van der Waals surface area contributed by atoms with Crippen molar-refractivity contribution in [3.63, 3.8) is 0 Å². The van der Waals surface area contributed by atoms with E-state index in [1.807, 2.05) is 36.6 Å². The Kier molecular flexibility index (Phi) is 5.30. The highest BCUT2D eigenvalue weighted by Gasteiger charge is 2.39. The molecule has 0 aromatic carbocycles. The van der Waals surface area contributed by atoms with Crippen LogP contribution in [0.15, 0.2) is 18.3 Å². The fourth-order valence-electron chi connectivity index (χ4n) is 4.10. The summed E-state index contributed by atoms with van der Waals surface area (Å²) in [4.78, 5) is 29.6. The molecule has 2 heterocycles. The average molecular weight is 358 g/mol. The van der Waals surface area contributed by atoms with Crippen molar-refractivity contribution in [2.45, 2.75) is 52.4 Å². The second kappa shape index (κ2) is 7.48. The number of fused-ring (bicyclic) bond motifs is 1. The van der Waals surface area contributed by atoms with E-state index in [9.17, 15) is 9.59 Å². The molecular weight excluding hydrogens is 332 g/mol. The van der Waals surface area contributed by atoms with Gasteiger partial charge < -0.3 is 9.47 Å². The van der Waals surface area contributed by atoms with Gasteiger partial charge in [0.05, 0.1) is 25.8 Å². The molecular formula is C20H26N2O4. The Morgan fingerprint density at radius 2 is 2.00 bits per heavy atom. The molecule has 1 saturated carbocycles. The highest BCUT2D eigenvalue weighted by atomic mass is 16.5. The number of methoxy groups -OCH3 is 1. The van der Waals surface area contributed by atoms with Crippen molar-refractivity contribution in [3.05, 3.63) is 29.7 Å². The molecule has 0 N–H and O–H groups in total. The van der Waals surface area contributed by atoms with Gasteiger partial charge in [0, 0.05) is 12.6 Å². The van der Waals surface area contributed by atoms with Crippen LogP contribution < -0.4 is 4.74 Å². The van der Waals surface area contributed by atoms with Crippen molar-refractivity contribution in [1.29, 1.82) is 0 Å². The zero-order valence-corrected chi connectivity index (χ0v) is 15.7. The summed E-state index contributed by atoms with van der Waals surface area (Å²) in [6.45, 7) is 4.30. The predicted molar refractivity (Wildman–Crippen MR) is 97.6 cm³/mol. The van der Waals surface area contributed by atoms with E-state index in [0.29, 0.717) is 42.2 Å². The van der Waals surface area contributed by atoms with Crippen LogP contribution in [0.2, 0.25) is 0 Å². The monoisotopic (exact) mass is 358 g/mol. The fraction of sp³-hybridized carbons (Fsp3) is 0.550. The summed E-state index contributed by atoms with van der Waals surface area (Å²) in [6.07, 6.45) is 6.34. The smallest absolute Gasteiger partial charge is 0.306 e. The molecule has 0 unspecified atom stereocenters. The SMILES string of the molecule is CCOc1cccn2c(C(=O)CC3(CC(=O)OC)CCCC3)c(C)nc12. The van der Waals surface area contributed by atoms with Crippen molar-refractivity contribution in [2.24, 2.45) is 5.41 Å². The van der Waals surface area contributed by atoms with Gasteiger partial charge in [0.1, 0.15) is 5.69 Å². The Labute approximate surface area is 153 Å². The Morgan fingerprint density at radius 3 is 2.65 bits per heavy atom. The molecule has 2 aromatic heterocycles. The molecule has 1 aliphatic rings. The van der Waals surface area contributed by atoms with E-state index in [2.05, 4.69) is 4.98 Å². The van der Waals surface area contributed by atoms with E-state index >= 15 is 0 Å². The van der Waals surface area contributed by atoms with Crippen LogP contribution in [-0.2, 0) is 9.53 Å². The van der Waals surface area contributed by atoms with Gasteiger partial charge in [0.25, 0.3) is 0 Å². The number of esters is 1. The Hall–Kier alpha value is -2.37. The average Bonchev–Trinajstić information content (AvgIpc) is 3.19. The molecule has 0 radical (unpaired) electrons. The van der Waals surface area contributed by atoms with Crippen LogP contribution in [-0.4, -0.2) is 34.9 Å². The van der Waals surface area contributed by atoms with Gasteiger partial charge in [-0.05, 0) is 44.2 Å². The van der Waals surface area contributed by atoms with Crippen LogP contribution >= 0.6 is 0 Å². The van der Waals surface area contributed by atoms with Crippen molar-refractivity contribution >= 4 is 17.4 Å². The molecule has 0 spiro atoms. The van der Waals surface area contributed by atoms with E-state index in [0.717, 1.165) is 25.7 Å². The number of pyridine rings is 1. The van der Waals surface area contributed by atoms with Crippen molar-refractivity contribution in [2.75, 3.05) is 13.7 Å². The topological polar surface area (TPSA) is 69.9 Å². The molecule has 1 aliphatic carbocycles. The zero-order valence-electron chi connectivity index (χ0n) is 15.7. The second-order valence-corrected chi connectivity index (χ2v) is 7.10. The molecule has 6 heteroatoms. The molecule has 26 heavy (non-hydrogen) atoms. The maximum absolute atomic E-state index is 13.2. The quantitative estimate of drug-likeness (QED) is 0.557. The minimum Gasteiger partial charge on any atom is -0.490 e. The number of ketones is 1. The molecule has 0 amide bonds. The molecule has 0 saturated heterocycles. The number of ether oxygens (including phenoxy) is 2. The summed E-state index contributed by atoms with van der Waals surface area (Å²) in [6, 6.07) is 3.71. The molecule has 0 aliphatic heterocycles. The van der Waals surface area contributed by atoms with Gasteiger partial charge in [-0.2, -0.15) is 0 Å². The van der Waals surface area contributed by atoms with Crippen LogP contribution in [0, 0.1) is 12.3 Å². The lowest BCUT2D eigenvalue weighted by molar-refractivity contribution is -0.143. The van der Waals surface area contributed by atoms with Crippen LogP contribution in [0.1, 0.15) is 61.6 Å². The number of carbonyl (C=O) groups is 2. The molecule has 0 atom stereocenters. The van der Waals surface area contributed by atoms with Crippen molar-refractivity contribution in [3.8, 4) is 5.75 Å². The van der Waals surface area contributed by atoms with E-state index in [1.165, 1.54) is 7.11 Å². The molecule has 3 rings (SSSR count). The van der Waals surface area contributed by atoms with Gasteiger partial charge in [-0.3, -0.25) is 14.0 Å². The van der Waals surface area contributed by atoms with E-state index in [1.54, 1.807) is 0 Å². The molecule has 6 nitrogen and oxygen atoms in total. The number of hydrogen-bond donors (Lipinski definition) is 0. The number of aryl methyl sites for hydroxylation is 1. The number of carbonyl (C=O) groups excluding carboxylic acids is 2. The molecule has 2 aromatic rings. The number of aromatic nitrogens is 2. The molecule has 0 bridgehead atoms. The summed E-state index contributed by atoms with van der Waals surface area (Å²) in [5, 5.41) is 0. The maximum Gasteiger partial charge on any atom is 0.306 e. The Morgan fingerprint density at radius 1 is 1.27 bits per heavy atom. The third kappa shape index (κ3) is 3.45. The largest absolute Gasteiger partial charge is 0.490 e. The number of Topliss-reactive ketones (excluding diaryl/α,β-unsaturated/α-hetero) is 1. The minimum absolute atomic E-state index is 0.0226. The number of rotatable bonds is 7. The van der Waals surface area contributed by atoms with E-state index < -0.39 is 0 Å². The van der Waals surface area contributed by atoms with E-state index in [-0.39, 0.29) is 17.2 Å². The zero-order chi connectivity index (χ0) is 18.7. The van der Waals surface area contributed by atoms with E-state index in [4.69, 9.17) is 9.47 Å². The van der Waals surface area contributed by atoms with Crippen LogP contribution in [0.25, 0.3) is 5.65 Å². The lowest BCUT2D eigenvalue weighted by atomic mass is 9.77. The summed E-state index contributed by atoms with van der Waals surface area (Å²) < 4.78 is 12.3. The van der Waals surface area contributed by atoms with Crippen LogP contribution in [0.3, 0.4) is 0 Å². The first-order chi connectivity index (χ1) is 12.5. The standard InChI is InChI=1S/C20H26N2O4/c1-4-26-16-8-7-11-22-18(14(2)21-19(16)22)15(23)12-20(9-5-6-10-20)13-17(24)25-3/h7-8,11H,4-6,9-10,12-13H2,1-3H3. The number of nitrogens with zero attached hydrogens (tertiary/aromatic N) is 2. The van der Waals surface area contributed by atoms with Crippen LogP contribution in [0.4, 0.5) is 0 Å². The maximum atomic E-state index is 13.2. The number of imidazole rings is 1. The predicted octanol–water partition coefficient (Wildman–Crippen LogP) is 3.74. The normalized spacial score (nSPS) is 16.0. The summed E-state index contributed by atoms with van der Waals surface area (Å²) in [5.74, 6) is 0.449. The van der Waals surface area contributed by atoms with Gasteiger partial charge >= 0.3 is 5.97 Å². The summed E-state index contributed by atoms with van der Waals surface area (Å²) in [7, 11) is 1.40. The summed E-state index contributed by atoms with van der Waals surface area (Å²) in [5.41, 5.74) is 1.63. The van der Waals surface area contributed by atoms with Gasteiger partial charge in [-0.25, -0.2) is 4.98 Å². The first-order valence-electron chi connectivity index (χ1n) is 9.20. The first-order valence-corrected chi connectivity index (χ1v) is 9.20. The summed E-state index contributed by atoms with van der Waals surface area (Å²) >= 11 is 0.